The minimum atomic E-state index is -0.442. The van der Waals surface area contributed by atoms with Gasteiger partial charge in [-0.1, -0.05) is 22.0 Å². The Morgan fingerprint density at radius 2 is 2.25 bits per heavy atom. The molecule has 0 heterocycles. The molecule has 1 atom stereocenters. The van der Waals surface area contributed by atoms with Crippen LogP contribution in [0.5, 0.6) is 0 Å². The van der Waals surface area contributed by atoms with Crippen LogP contribution in [0.4, 0.5) is 4.39 Å². The molecular weight excluding hydrogens is 221 g/mol. The molecule has 0 radical (unpaired) electrons. The molecule has 0 saturated heterocycles. The van der Waals surface area contributed by atoms with Crippen molar-refractivity contribution >= 4 is 15.9 Å². The van der Waals surface area contributed by atoms with Crippen LogP contribution in [0, 0.1) is 5.82 Å². The number of halogens is 2. The lowest BCUT2D eigenvalue weighted by Crippen LogP contribution is -2.08. The third kappa shape index (κ3) is 1.93. The number of nitrogens with two attached hydrogens (primary N) is 1. The Morgan fingerprint density at radius 3 is 2.83 bits per heavy atom. The molecule has 0 fully saturated rings. The fourth-order valence-corrected chi connectivity index (χ4v) is 1.28. The van der Waals surface area contributed by atoms with E-state index in [2.05, 4.69) is 22.5 Å². The van der Waals surface area contributed by atoms with Gasteiger partial charge in [0.05, 0.1) is 6.04 Å². The minimum absolute atomic E-state index is 0.300. The summed E-state index contributed by atoms with van der Waals surface area (Å²) in [5, 5.41) is 0. The largest absolute Gasteiger partial charge is 0.321 e. The van der Waals surface area contributed by atoms with Crippen LogP contribution in [-0.2, 0) is 0 Å². The Hall–Kier alpha value is -0.670. The first-order chi connectivity index (χ1) is 5.65. The van der Waals surface area contributed by atoms with E-state index >= 15 is 0 Å². The van der Waals surface area contributed by atoms with Gasteiger partial charge in [0, 0.05) is 10.0 Å². The predicted octanol–water partition coefficient (Wildman–Crippen LogP) is 2.77. The number of hydrogen-bond acceptors (Lipinski definition) is 1. The van der Waals surface area contributed by atoms with Crippen LogP contribution in [0.2, 0.25) is 0 Å². The molecule has 12 heavy (non-hydrogen) atoms. The Bertz CT molecular complexity index is 299. The van der Waals surface area contributed by atoms with Crippen molar-refractivity contribution in [3.63, 3.8) is 0 Å². The second-order valence-corrected chi connectivity index (χ2v) is 3.34. The zero-order valence-electron chi connectivity index (χ0n) is 6.43. The highest BCUT2D eigenvalue weighted by Crippen LogP contribution is 2.20. The standard InChI is InChI=1S/C9H9BrFN/c1-2-9(12)7-5-6(10)3-4-8(7)11/h2-5,9H,1,12H2. The predicted molar refractivity (Wildman–Crippen MR) is 51.2 cm³/mol. The van der Waals surface area contributed by atoms with Gasteiger partial charge in [-0.2, -0.15) is 0 Å². The van der Waals surface area contributed by atoms with E-state index in [9.17, 15) is 4.39 Å². The molecule has 0 spiro atoms. The van der Waals surface area contributed by atoms with Crippen molar-refractivity contribution < 1.29 is 4.39 Å². The first-order valence-electron chi connectivity index (χ1n) is 3.48. The van der Waals surface area contributed by atoms with E-state index in [1.54, 1.807) is 12.1 Å². The molecule has 0 amide bonds. The van der Waals surface area contributed by atoms with Gasteiger partial charge in [-0.25, -0.2) is 4.39 Å². The number of hydrogen-bond donors (Lipinski definition) is 1. The van der Waals surface area contributed by atoms with Gasteiger partial charge in [0.25, 0.3) is 0 Å². The van der Waals surface area contributed by atoms with Crippen molar-refractivity contribution in [1.82, 2.24) is 0 Å². The maximum absolute atomic E-state index is 13.1. The monoisotopic (exact) mass is 229 g/mol. The normalized spacial score (nSPS) is 12.6. The maximum atomic E-state index is 13.1. The molecule has 2 N–H and O–H groups in total. The molecule has 1 aromatic carbocycles. The lowest BCUT2D eigenvalue weighted by atomic mass is 10.1. The lowest BCUT2D eigenvalue weighted by Gasteiger charge is -2.07. The molecule has 3 heteroatoms. The van der Waals surface area contributed by atoms with E-state index in [1.807, 2.05) is 0 Å². The smallest absolute Gasteiger partial charge is 0.128 e. The summed E-state index contributed by atoms with van der Waals surface area (Å²) in [7, 11) is 0. The number of benzene rings is 1. The average Bonchev–Trinajstić information content (AvgIpc) is 2.08. The van der Waals surface area contributed by atoms with Gasteiger partial charge in [-0.3, -0.25) is 0 Å². The topological polar surface area (TPSA) is 26.0 Å². The average molecular weight is 230 g/mol. The summed E-state index contributed by atoms with van der Waals surface area (Å²) >= 11 is 3.24. The quantitative estimate of drug-likeness (QED) is 0.776. The summed E-state index contributed by atoms with van der Waals surface area (Å²) in [6.45, 7) is 3.50. The second-order valence-electron chi connectivity index (χ2n) is 2.43. The Morgan fingerprint density at radius 1 is 1.58 bits per heavy atom. The summed E-state index contributed by atoms with van der Waals surface area (Å²) in [5.74, 6) is -0.300. The van der Waals surface area contributed by atoms with Crippen LogP contribution < -0.4 is 5.73 Å². The molecule has 1 rings (SSSR count). The van der Waals surface area contributed by atoms with E-state index in [0.717, 1.165) is 4.47 Å². The first kappa shape index (κ1) is 9.42. The van der Waals surface area contributed by atoms with Crippen LogP contribution in [0.1, 0.15) is 11.6 Å². The Balaban J connectivity index is 3.12. The summed E-state index contributed by atoms with van der Waals surface area (Å²) < 4.78 is 13.9. The molecule has 0 bridgehead atoms. The van der Waals surface area contributed by atoms with Crippen molar-refractivity contribution in [2.45, 2.75) is 6.04 Å². The van der Waals surface area contributed by atoms with Gasteiger partial charge in [0.2, 0.25) is 0 Å². The summed E-state index contributed by atoms with van der Waals surface area (Å²) in [4.78, 5) is 0. The molecule has 0 aliphatic heterocycles. The van der Waals surface area contributed by atoms with Gasteiger partial charge < -0.3 is 5.73 Å². The Kier molecular flexibility index (Phi) is 3.00. The van der Waals surface area contributed by atoms with Crippen molar-refractivity contribution in [2.75, 3.05) is 0 Å². The first-order valence-corrected chi connectivity index (χ1v) is 4.27. The summed E-state index contributed by atoms with van der Waals surface area (Å²) in [5.41, 5.74) is 6.04. The lowest BCUT2D eigenvalue weighted by molar-refractivity contribution is 0.602. The molecule has 64 valence electrons. The van der Waals surface area contributed by atoms with Crippen molar-refractivity contribution in [3.05, 3.63) is 46.7 Å². The van der Waals surface area contributed by atoms with Crippen LogP contribution in [-0.4, -0.2) is 0 Å². The SMILES string of the molecule is C=CC(N)c1cc(Br)ccc1F. The third-order valence-electron chi connectivity index (χ3n) is 1.57. The van der Waals surface area contributed by atoms with E-state index in [1.165, 1.54) is 12.1 Å². The molecule has 0 aromatic heterocycles. The van der Waals surface area contributed by atoms with Crippen molar-refractivity contribution in [3.8, 4) is 0 Å². The van der Waals surface area contributed by atoms with Gasteiger partial charge >= 0.3 is 0 Å². The zero-order chi connectivity index (χ0) is 9.14. The zero-order valence-corrected chi connectivity index (χ0v) is 8.01. The molecule has 0 aliphatic rings. The van der Waals surface area contributed by atoms with Gasteiger partial charge in [0.15, 0.2) is 0 Å². The molecule has 1 nitrogen and oxygen atoms in total. The van der Waals surface area contributed by atoms with Crippen LogP contribution >= 0.6 is 15.9 Å². The second kappa shape index (κ2) is 3.83. The highest BCUT2D eigenvalue weighted by Gasteiger charge is 2.07. The van der Waals surface area contributed by atoms with E-state index in [0.29, 0.717) is 5.56 Å². The molecule has 0 aliphatic carbocycles. The maximum Gasteiger partial charge on any atom is 0.128 e. The summed E-state index contributed by atoms with van der Waals surface area (Å²) in [6, 6.07) is 4.22. The highest BCUT2D eigenvalue weighted by molar-refractivity contribution is 9.10. The van der Waals surface area contributed by atoms with Crippen molar-refractivity contribution in [1.29, 1.82) is 0 Å². The molecule has 1 aromatic rings. The van der Waals surface area contributed by atoms with Crippen LogP contribution in [0.25, 0.3) is 0 Å². The summed E-state index contributed by atoms with van der Waals surface area (Å²) in [6.07, 6.45) is 1.50. The fourth-order valence-electron chi connectivity index (χ4n) is 0.897. The van der Waals surface area contributed by atoms with Gasteiger partial charge in [0.1, 0.15) is 5.82 Å². The molecule has 0 saturated carbocycles. The van der Waals surface area contributed by atoms with E-state index in [4.69, 9.17) is 5.73 Å². The molecular formula is C9H9BrFN. The van der Waals surface area contributed by atoms with E-state index in [-0.39, 0.29) is 5.82 Å². The van der Waals surface area contributed by atoms with Gasteiger partial charge in [-0.15, -0.1) is 6.58 Å². The minimum Gasteiger partial charge on any atom is -0.321 e. The van der Waals surface area contributed by atoms with Crippen LogP contribution in [0.15, 0.2) is 35.3 Å². The fraction of sp³-hybridized carbons (Fsp3) is 0.111. The molecule has 1 unspecified atom stereocenters. The Labute approximate surface area is 79.2 Å². The number of rotatable bonds is 2. The van der Waals surface area contributed by atoms with Crippen LogP contribution in [0.3, 0.4) is 0 Å². The third-order valence-corrected chi connectivity index (χ3v) is 2.06. The highest BCUT2D eigenvalue weighted by atomic mass is 79.9. The van der Waals surface area contributed by atoms with E-state index < -0.39 is 6.04 Å². The van der Waals surface area contributed by atoms with Gasteiger partial charge in [-0.05, 0) is 18.2 Å². The van der Waals surface area contributed by atoms with Crippen molar-refractivity contribution in [2.24, 2.45) is 5.73 Å².